The molecule has 22 heavy (non-hydrogen) atoms. The van der Waals surface area contributed by atoms with Crippen molar-refractivity contribution >= 4 is 23.3 Å². The molecule has 1 N–H and O–H groups in total. The minimum atomic E-state index is -0.368. The third-order valence-corrected chi connectivity index (χ3v) is 3.95. The van der Waals surface area contributed by atoms with E-state index in [-0.39, 0.29) is 17.6 Å². The Morgan fingerprint density at radius 2 is 2.09 bits per heavy atom. The van der Waals surface area contributed by atoms with Crippen LogP contribution < -0.4 is 5.32 Å². The summed E-state index contributed by atoms with van der Waals surface area (Å²) in [4.78, 5) is 12.0. The van der Waals surface area contributed by atoms with Crippen LogP contribution in [0.5, 0.6) is 0 Å². The molecule has 0 unspecified atom stereocenters. The van der Waals surface area contributed by atoms with Crippen molar-refractivity contribution in [2.75, 3.05) is 5.32 Å². The lowest BCUT2D eigenvalue weighted by Gasteiger charge is -2.10. The quantitative estimate of drug-likeness (QED) is 0.870. The number of aromatic nitrogens is 2. The van der Waals surface area contributed by atoms with Gasteiger partial charge in [-0.3, -0.25) is 9.48 Å². The molecular formula is C16H19ClFN3O. The molecule has 0 atom stereocenters. The first-order valence-corrected chi connectivity index (χ1v) is 7.69. The van der Waals surface area contributed by atoms with Gasteiger partial charge in [0.05, 0.1) is 6.54 Å². The van der Waals surface area contributed by atoms with E-state index in [1.165, 1.54) is 12.1 Å². The van der Waals surface area contributed by atoms with E-state index in [2.05, 4.69) is 10.4 Å². The van der Waals surface area contributed by atoms with Gasteiger partial charge in [0.25, 0.3) is 0 Å². The van der Waals surface area contributed by atoms with Gasteiger partial charge in [0, 0.05) is 23.2 Å². The number of anilines is 1. The molecule has 1 aromatic heterocycles. The Morgan fingerprint density at radius 3 is 2.73 bits per heavy atom. The molecule has 1 aromatic carbocycles. The number of nitrogens with one attached hydrogen (secondary N) is 1. The first kappa shape index (κ1) is 16.5. The highest BCUT2D eigenvalue weighted by molar-refractivity contribution is 6.31. The molecule has 1 heterocycles. The maximum Gasteiger partial charge on any atom is 0.228 e. The molecule has 0 saturated heterocycles. The van der Waals surface area contributed by atoms with Gasteiger partial charge in [-0.25, -0.2) is 4.39 Å². The Morgan fingerprint density at radius 1 is 1.36 bits per heavy atom. The minimum Gasteiger partial charge on any atom is -0.309 e. The van der Waals surface area contributed by atoms with Crippen molar-refractivity contribution < 1.29 is 9.18 Å². The van der Waals surface area contributed by atoms with Crippen LogP contribution in [0.15, 0.2) is 30.5 Å². The second kappa shape index (κ2) is 7.40. The van der Waals surface area contributed by atoms with E-state index < -0.39 is 0 Å². The SMILES string of the molecule is CCC(CC)C(=O)Nc1ccn(Cc2ccc(F)cc2Cl)n1. The van der Waals surface area contributed by atoms with Gasteiger partial charge >= 0.3 is 0 Å². The van der Waals surface area contributed by atoms with Crippen molar-refractivity contribution in [1.82, 2.24) is 9.78 Å². The third kappa shape index (κ3) is 4.07. The van der Waals surface area contributed by atoms with E-state index in [4.69, 9.17) is 11.6 Å². The number of carbonyl (C=O) groups is 1. The molecule has 2 aromatic rings. The average Bonchev–Trinajstić information content (AvgIpc) is 2.90. The second-order valence-electron chi connectivity index (χ2n) is 5.14. The highest BCUT2D eigenvalue weighted by atomic mass is 35.5. The van der Waals surface area contributed by atoms with Crippen LogP contribution in [0.2, 0.25) is 5.02 Å². The van der Waals surface area contributed by atoms with Gasteiger partial charge in [0.2, 0.25) is 5.91 Å². The van der Waals surface area contributed by atoms with Gasteiger partial charge in [-0.15, -0.1) is 0 Å². The molecule has 0 fully saturated rings. The summed E-state index contributed by atoms with van der Waals surface area (Å²) in [7, 11) is 0. The van der Waals surface area contributed by atoms with E-state index in [0.29, 0.717) is 17.4 Å². The predicted octanol–water partition coefficient (Wildman–Crippen LogP) is 4.10. The highest BCUT2D eigenvalue weighted by Crippen LogP contribution is 2.19. The highest BCUT2D eigenvalue weighted by Gasteiger charge is 2.15. The number of benzene rings is 1. The molecule has 6 heteroatoms. The van der Waals surface area contributed by atoms with Gasteiger partial charge in [-0.1, -0.05) is 31.5 Å². The first-order valence-electron chi connectivity index (χ1n) is 7.31. The second-order valence-corrected chi connectivity index (χ2v) is 5.54. The summed E-state index contributed by atoms with van der Waals surface area (Å²) in [5.74, 6) is 0.120. The Kier molecular flexibility index (Phi) is 5.55. The normalized spacial score (nSPS) is 11.0. The van der Waals surface area contributed by atoms with Crippen molar-refractivity contribution in [3.05, 3.63) is 46.9 Å². The Labute approximate surface area is 134 Å². The zero-order valence-corrected chi connectivity index (χ0v) is 13.4. The van der Waals surface area contributed by atoms with Crippen molar-refractivity contribution in [1.29, 1.82) is 0 Å². The summed E-state index contributed by atoms with van der Waals surface area (Å²) in [6.45, 7) is 4.39. The van der Waals surface area contributed by atoms with Crippen LogP contribution >= 0.6 is 11.6 Å². The standard InChI is InChI=1S/C16H19ClFN3O/c1-3-11(4-2)16(22)19-15-7-8-21(20-15)10-12-5-6-13(18)9-14(12)17/h5-9,11H,3-4,10H2,1-2H3,(H,19,20,22). The van der Waals surface area contributed by atoms with Gasteiger partial charge in [-0.2, -0.15) is 5.10 Å². The van der Waals surface area contributed by atoms with E-state index in [0.717, 1.165) is 18.4 Å². The molecule has 118 valence electrons. The Hall–Kier alpha value is -1.88. The molecule has 0 aliphatic carbocycles. The Balaban J connectivity index is 2.04. The molecule has 1 amide bonds. The number of rotatable bonds is 6. The fourth-order valence-corrected chi connectivity index (χ4v) is 2.46. The molecular weight excluding hydrogens is 305 g/mol. The molecule has 0 saturated carbocycles. The van der Waals surface area contributed by atoms with Crippen molar-refractivity contribution in [3.63, 3.8) is 0 Å². The molecule has 0 radical (unpaired) electrons. The molecule has 0 aliphatic heterocycles. The van der Waals surface area contributed by atoms with Crippen LogP contribution in [0.25, 0.3) is 0 Å². The van der Waals surface area contributed by atoms with E-state index >= 15 is 0 Å². The predicted molar refractivity (Wildman–Crippen MR) is 85.4 cm³/mol. The van der Waals surface area contributed by atoms with Gasteiger partial charge in [-0.05, 0) is 30.5 Å². The number of amides is 1. The maximum atomic E-state index is 13.0. The van der Waals surface area contributed by atoms with Crippen LogP contribution in [0.4, 0.5) is 10.2 Å². The smallest absolute Gasteiger partial charge is 0.228 e. The van der Waals surface area contributed by atoms with Crippen LogP contribution in [-0.4, -0.2) is 15.7 Å². The summed E-state index contributed by atoms with van der Waals surface area (Å²) in [5.41, 5.74) is 0.768. The van der Waals surface area contributed by atoms with Gasteiger partial charge in [0.15, 0.2) is 5.82 Å². The molecule has 4 nitrogen and oxygen atoms in total. The number of hydrogen-bond donors (Lipinski definition) is 1. The monoisotopic (exact) mass is 323 g/mol. The van der Waals surface area contributed by atoms with Crippen molar-refractivity contribution in [2.24, 2.45) is 5.92 Å². The summed E-state index contributed by atoms with van der Waals surface area (Å²) in [6.07, 6.45) is 3.35. The Bertz CT molecular complexity index is 653. The van der Waals surface area contributed by atoms with E-state index in [1.54, 1.807) is 23.0 Å². The molecule has 0 spiro atoms. The molecule has 2 rings (SSSR count). The number of carbonyl (C=O) groups excluding carboxylic acids is 1. The maximum absolute atomic E-state index is 13.0. The lowest BCUT2D eigenvalue weighted by molar-refractivity contribution is -0.120. The number of hydrogen-bond acceptors (Lipinski definition) is 2. The fraction of sp³-hybridized carbons (Fsp3) is 0.375. The molecule has 0 aliphatic rings. The zero-order chi connectivity index (χ0) is 16.1. The van der Waals surface area contributed by atoms with Crippen LogP contribution in [0.3, 0.4) is 0 Å². The summed E-state index contributed by atoms with van der Waals surface area (Å²) >= 11 is 6.00. The summed E-state index contributed by atoms with van der Waals surface area (Å²) in [5, 5.41) is 7.46. The summed E-state index contributed by atoms with van der Waals surface area (Å²) < 4.78 is 14.7. The van der Waals surface area contributed by atoms with Gasteiger partial charge in [0.1, 0.15) is 5.82 Å². The first-order chi connectivity index (χ1) is 10.5. The van der Waals surface area contributed by atoms with Crippen molar-refractivity contribution in [3.8, 4) is 0 Å². The van der Waals surface area contributed by atoms with E-state index in [1.807, 2.05) is 13.8 Å². The summed E-state index contributed by atoms with van der Waals surface area (Å²) in [6, 6.07) is 6.00. The minimum absolute atomic E-state index is 0.00306. The van der Waals surface area contributed by atoms with Crippen LogP contribution in [-0.2, 0) is 11.3 Å². The van der Waals surface area contributed by atoms with Crippen LogP contribution in [0, 0.1) is 11.7 Å². The number of nitrogens with zero attached hydrogens (tertiary/aromatic N) is 2. The topological polar surface area (TPSA) is 46.9 Å². The third-order valence-electron chi connectivity index (χ3n) is 3.60. The average molecular weight is 324 g/mol. The molecule has 0 bridgehead atoms. The van der Waals surface area contributed by atoms with Crippen LogP contribution in [0.1, 0.15) is 32.3 Å². The van der Waals surface area contributed by atoms with Crippen molar-refractivity contribution in [2.45, 2.75) is 33.2 Å². The lowest BCUT2D eigenvalue weighted by atomic mass is 10.0. The van der Waals surface area contributed by atoms with E-state index in [9.17, 15) is 9.18 Å². The number of halogens is 2. The lowest BCUT2D eigenvalue weighted by Crippen LogP contribution is -2.22. The zero-order valence-electron chi connectivity index (χ0n) is 12.6. The van der Waals surface area contributed by atoms with Gasteiger partial charge < -0.3 is 5.32 Å². The largest absolute Gasteiger partial charge is 0.309 e. The fourth-order valence-electron chi connectivity index (χ4n) is 2.23.